The van der Waals surface area contributed by atoms with Gasteiger partial charge in [-0.1, -0.05) is 13.8 Å². The number of carbonyl (C=O) groups excluding carboxylic acids is 7. The van der Waals surface area contributed by atoms with E-state index in [9.17, 15) is 146 Å². The smallest absolute Gasteiger partial charge is 0.333 e. The third kappa shape index (κ3) is 22.8. The van der Waals surface area contributed by atoms with E-state index in [4.69, 9.17) is 90.0 Å². The molecule has 0 aromatic carbocycles. The predicted octanol–water partition coefficient (Wildman–Crippen LogP) is -19.9. The van der Waals surface area contributed by atoms with Gasteiger partial charge in [-0.05, 0) is 0 Å². The minimum atomic E-state index is -2.57. The average Bonchev–Trinajstić information content (AvgIpc) is 0.760. The number of nitrogens with one attached hydrogen (secondary N) is 6. The molecule has 6 amide bonds. The second-order valence-electron chi connectivity index (χ2n) is 32.4. The summed E-state index contributed by atoms with van der Waals surface area (Å²) in [4.78, 5) is 106. The van der Waals surface area contributed by atoms with Gasteiger partial charge in [-0.2, -0.15) is 0 Å². The Balaban J connectivity index is 0.912. The van der Waals surface area contributed by atoms with Gasteiger partial charge in [0.2, 0.25) is 23.6 Å². The number of hydrogen-bond donors (Lipinski definition) is 29. The van der Waals surface area contributed by atoms with Crippen molar-refractivity contribution in [1.29, 1.82) is 0 Å². The van der Waals surface area contributed by atoms with Gasteiger partial charge < -0.3 is 244 Å². The summed E-state index contributed by atoms with van der Waals surface area (Å²) >= 11 is 0. The lowest BCUT2D eigenvalue weighted by atomic mass is 9.90. The number of carbonyl (C=O) groups is 8. The highest BCUT2D eigenvalue weighted by atomic mass is 16.8. The maximum absolute atomic E-state index is 15.1. The van der Waals surface area contributed by atoms with Crippen LogP contribution in [0.4, 0.5) is 0 Å². The van der Waals surface area contributed by atoms with Crippen molar-refractivity contribution in [3.63, 3.8) is 0 Å². The lowest BCUT2D eigenvalue weighted by molar-refractivity contribution is -0.372. The molecule has 50 atom stereocenters. The molecule has 734 valence electrons. The summed E-state index contributed by atoms with van der Waals surface area (Å²) in [5.74, 6) is -10.6. The number of aliphatic hydroxyl groups excluding tert-OH is 22. The van der Waals surface area contributed by atoms with E-state index < -0.39 is 387 Å². The number of hydrogen-bond acceptors (Lipinski definition) is 49. The van der Waals surface area contributed by atoms with Crippen LogP contribution in [0.1, 0.15) is 41.5 Å². The van der Waals surface area contributed by atoms with Gasteiger partial charge in [-0.25, -0.2) is 4.79 Å². The normalized spacial score (nSPS) is 47.7. The van der Waals surface area contributed by atoms with Crippen LogP contribution in [0.2, 0.25) is 0 Å². The lowest BCUT2D eigenvalue weighted by Gasteiger charge is -2.50. The van der Waals surface area contributed by atoms with Crippen LogP contribution in [0, 0.1) is 11.8 Å². The zero-order chi connectivity index (χ0) is 94.5. The first-order chi connectivity index (χ1) is 60.4. The van der Waals surface area contributed by atoms with Crippen molar-refractivity contribution in [3.8, 4) is 0 Å². The molecule has 10 aliphatic heterocycles. The molecule has 10 rings (SSSR count). The van der Waals surface area contributed by atoms with Gasteiger partial charge in [-0.15, -0.1) is 0 Å². The molecule has 0 saturated carbocycles. The third-order valence-corrected chi connectivity index (χ3v) is 23.6. The molecule has 0 aromatic rings. The van der Waals surface area contributed by atoms with Gasteiger partial charge in [0, 0.05) is 66.8 Å². The van der Waals surface area contributed by atoms with Gasteiger partial charge in [0.05, 0.1) is 38.6 Å². The van der Waals surface area contributed by atoms with Crippen molar-refractivity contribution >= 4 is 47.7 Å². The molecular weight excluding hydrogens is 1750 g/mol. The van der Waals surface area contributed by atoms with Crippen molar-refractivity contribution in [2.45, 2.75) is 336 Å². The number of amides is 6. The van der Waals surface area contributed by atoms with Crippen molar-refractivity contribution in [2.75, 3.05) is 53.7 Å². The largest absolute Gasteiger partial charge is 0.479 e. The summed E-state index contributed by atoms with van der Waals surface area (Å²) in [6, 6.07) is -7.08. The standard InChI is InChI=1S/C72H116N6O50/c1-16-24(11-79)114-67(45(100)33(16)88)120-54-31(77-20(5)86)65(117-27(14-82)39(54)94)124-56-43(98)49(104)71(121-52-29(75-18(3)84)63(110-7)115-25(12-80)37(52)92)126-58(56)60(106)73-9-22-35(90)41(96)47(102)68(112-22)128-69-48(103)42(97)36(91)23(113-69)10-74-61(107)59-57(44(99)50(105)72(127-59)122-53-30(76-19(4)85)64(111-8)116-26(13-81)38(53)93)125-66-32(78-21(6)87)55(40(95)28(15-83)118-66)123-70-46(101)34(89)17(2)51(119-70)62(108)109/h11,16-17,22-59,63-72,80-83,88-105H,9-10,12-15H2,1-8H3,(H,73,106)(H,74,107)(H,75,84)(H,76,85)(H,77,86)(H,78,87)(H,108,109)/t16-,17+,22?,23?,24?,25?,26?,27?,28?,29?,30?,31?,32?,33+,34+,35-,36-,37-,38-,39-,40-,41+,42+,43-,44-,45?,46?,47?,48?,49?,50?,51?,52-,53-,54-,55-,56+,57+,58?,59?,63-,64-,65+,66+,67+,68-,69-,70+,71-,72-/m1/s1. The summed E-state index contributed by atoms with van der Waals surface area (Å²) < 4.78 is 111. The molecule has 56 heteroatoms. The second kappa shape index (κ2) is 45.1. The van der Waals surface area contributed by atoms with Crippen molar-refractivity contribution in [3.05, 3.63) is 0 Å². The van der Waals surface area contributed by atoms with Crippen LogP contribution in [0.15, 0.2) is 0 Å². The highest BCUT2D eigenvalue weighted by molar-refractivity contribution is 5.82. The molecule has 0 aromatic heterocycles. The number of aliphatic hydroxyl groups is 22. The van der Waals surface area contributed by atoms with E-state index in [2.05, 4.69) is 31.9 Å². The van der Waals surface area contributed by atoms with Gasteiger partial charge in [-0.3, -0.25) is 28.8 Å². The quantitative estimate of drug-likeness (QED) is 0.0278. The first-order valence-corrected chi connectivity index (χ1v) is 40.6. The Hall–Kier alpha value is -5.68. The Morgan fingerprint density at radius 2 is 0.547 bits per heavy atom. The number of carboxylic acid groups (broad SMARTS) is 1. The Labute approximate surface area is 725 Å². The minimum Gasteiger partial charge on any atom is -0.479 e. The van der Waals surface area contributed by atoms with E-state index in [1.165, 1.54) is 13.8 Å². The molecule has 0 spiro atoms. The Bertz CT molecular complexity index is 3640. The molecule has 0 radical (unpaired) electrons. The molecule has 128 heavy (non-hydrogen) atoms. The molecule has 20 unspecified atom stereocenters. The Morgan fingerprint density at radius 1 is 0.289 bits per heavy atom. The monoisotopic (exact) mass is 1860 g/mol. The number of ether oxygens (including phenoxy) is 19. The van der Waals surface area contributed by atoms with Crippen molar-refractivity contribution in [1.82, 2.24) is 31.9 Å². The molecule has 10 aliphatic rings. The highest BCUT2D eigenvalue weighted by Crippen LogP contribution is 2.41. The predicted molar refractivity (Wildman–Crippen MR) is 396 cm³/mol. The van der Waals surface area contributed by atoms with E-state index in [-0.39, 0.29) is 6.29 Å². The highest BCUT2D eigenvalue weighted by Gasteiger charge is 2.62. The number of aldehydes is 1. The molecule has 0 bridgehead atoms. The van der Waals surface area contributed by atoms with Crippen LogP contribution in [0.5, 0.6) is 0 Å². The lowest BCUT2D eigenvalue weighted by Crippen LogP contribution is -2.71. The second-order valence-corrected chi connectivity index (χ2v) is 32.4. The number of methoxy groups -OCH3 is 2. The van der Waals surface area contributed by atoms with E-state index in [0.717, 1.165) is 41.9 Å². The molecule has 0 aliphatic carbocycles. The summed E-state index contributed by atoms with van der Waals surface area (Å²) in [5, 5.41) is 273. The molecule has 10 heterocycles. The topological polar surface area (TPSA) is 849 Å². The average molecular weight is 1870 g/mol. The summed E-state index contributed by atoms with van der Waals surface area (Å²) in [5.41, 5.74) is 0. The fourth-order valence-corrected chi connectivity index (χ4v) is 16.5. The first kappa shape index (κ1) is 104. The van der Waals surface area contributed by atoms with Gasteiger partial charge >= 0.3 is 5.97 Å². The van der Waals surface area contributed by atoms with E-state index in [1.807, 2.05) is 0 Å². The van der Waals surface area contributed by atoms with Gasteiger partial charge in [0.25, 0.3) is 11.8 Å². The number of carboxylic acids is 1. The fraction of sp³-hybridized carbons (Fsp3) is 0.889. The molecule has 10 saturated heterocycles. The van der Waals surface area contributed by atoms with Crippen LogP contribution in [-0.4, -0.2) is 513 Å². The van der Waals surface area contributed by atoms with Crippen LogP contribution in [-0.2, 0) is 128 Å². The molecule has 29 N–H and O–H groups in total. The van der Waals surface area contributed by atoms with E-state index in [1.54, 1.807) is 0 Å². The summed E-state index contributed by atoms with van der Waals surface area (Å²) in [6.45, 7) is 0.0190. The Kier molecular flexibility index (Phi) is 36.8. The zero-order valence-corrected chi connectivity index (χ0v) is 69.5. The van der Waals surface area contributed by atoms with Gasteiger partial charge in [0.15, 0.2) is 81.2 Å². The number of rotatable bonds is 32. The fourth-order valence-electron chi connectivity index (χ4n) is 16.5. The van der Waals surface area contributed by atoms with E-state index in [0.29, 0.717) is 0 Å². The molecule has 56 nitrogen and oxygen atoms in total. The van der Waals surface area contributed by atoms with Gasteiger partial charge in [0.1, 0.15) is 207 Å². The molecule has 10 fully saturated rings. The maximum Gasteiger partial charge on any atom is 0.333 e. The first-order valence-electron chi connectivity index (χ1n) is 40.6. The number of aliphatic carboxylic acids is 1. The van der Waals surface area contributed by atoms with Crippen LogP contribution < -0.4 is 31.9 Å². The van der Waals surface area contributed by atoms with Crippen molar-refractivity contribution < 1.29 is 246 Å². The third-order valence-electron chi connectivity index (χ3n) is 23.6. The van der Waals surface area contributed by atoms with Crippen LogP contribution in [0.25, 0.3) is 0 Å². The van der Waals surface area contributed by atoms with E-state index >= 15 is 9.59 Å². The Morgan fingerprint density at radius 3 is 0.844 bits per heavy atom. The van der Waals surface area contributed by atoms with Crippen molar-refractivity contribution in [2.24, 2.45) is 11.8 Å². The minimum absolute atomic E-state index is 0.267. The maximum atomic E-state index is 15.1. The summed E-state index contributed by atoms with van der Waals surface area (Å²) in [7, 11) is 2.17. The SMILES string of the molecule is CO[C@@H]1OC(CO)[C@@H](O)[C@H](O[C@@H]2OC(C(=O)NCC3O[C@H](O[C@H]4OC(CNC(=O)C5O[C@@H](O[C@@H]6C(NC(C)=O)[C@H](OC)OC(CO)[C@H]6O)C(O)[C@@H](O)[C@@H]5O[C@@H]5OC(CO)[C@@H](O)[C@H](O[C@@H]6OC(C(=O)O)[C@@H](C)[C@H](O)C6O)C5NC(C)=O)[C@@H](O)[C@H](O)C4O)C(O)[C@@H](O)[C@@H]3O)[C@@H](O[C@@H]3OC(CO)[C@@H](O)[C@H](O[C@@H]4OC(C=O)[C@@H](C)[C@H](O)C4O)C3NC(C)=O)[C@H](O)C2O)C1NC(C)=O. The van der Waals surface area contributed by atoms with Crippen LogP contribution in [0.3, 0.4) is 0 Å². The zero-order valence-electron chi connectivity index (χ0n) is 69.5. The van der Waals surface area contributed by atoms with Crippen LogP contribution >= 0.6 is 0 Å². The molecular formula is C72H116N6O50. The summed E-state index contributed by atoms with van der Waals surface area (Å²) in [6.07, 6.45) is -93.4.